The van der Waals surface area contributed by atoms with E-state index in [2.05, 4.69) is 5.32 Å². The third-order valence-corrected chi connectivity index (χ3v) is 4.89. The van der Waals surface area contributed by atoms with E-state index in [1.165, 1.54) is 18.2 Å². The number of ether oxygens (including phenoxy) is 1. The Labute approximate surface area is 158 Å². The van der Waals surface area contributed by atoms with Crippen molar-refractivity contribution in [1.82, 2.24) is 0 Å². The lowest BCUT2D eigenvalue weighted by molar-refractivity contribution is -0.128. The van der Waals surface area contributed by atoms with Gasteiger partial charge in [0, 0.05) is 24.7 Å². The molecule has 0 spiro atoms. The first-order valence-corrected chi connectivity index (χ1v) is 9.07. The molecule has 0 radical (unpaired) electrons. The number of aliphatic hydroxyl groups is 2. The number of benzene rings is 1. The Hall–Kier alpha value is -2.38. The minimum atomic E-state index is -1.49. The number of cyclic esters (lactones) is 1. The first kappa shape index (κ1) is 20.9. The van der Waals surface area contributed by atoms with Crippen molar-refractivity contribution in [1.29, 1.82) is 0 Å². The van der Waals surface area contributed by atoms with E-state index in [1.807, 2.05) is 0 Å². The molecule has 0 saturated carbocycles. The highest BCUT2D eigenvalue weighted by molar-refractivity contribution is 5.95. The molecule has 148 valence electrons. The van der Waals surface area contributed by atoms with E-state index in [-0.39, 0.29) is 23.7 Å². The Morgan fingerprint density at radius 2 is 1.89 bits per heavy atom. The largest absolute Gasteiger partial charge is 0.507 e. The van der Waals surface area contributed by atoms with Crippen LogP contribution in [0.25, 0.3) is 0 Å². The number of carbonyl (C=O) groups is 2. The van der Waals surface area contributed by atoms with E-state index >= 15 is 0 Å². The first-order valence-electron chi connectivity index (χ1n) is 9.07. The Balaban J connectivity index is 2.41. The Morgan fingerprint density at radius 3 is 2.56 bits per heavy atom. The lowest BCUT2D eigenvalue weighted by Crippen LogP contribution is -2.33. The zero-order chi connectivity index (χ0) is 20.1. The lowest BCUT2D eigenvalue weighted by atomic mass is 9.96. The lowest BCUT2D eigenvalue weighted by Gasteiger charge is -2.21. The number of aromatic hydroxyl groups is 1. The molecule has 4 atom stereocenters. The molecule has 1 aliphatic heterocycles. The van der Waals surface area contributed by atoms with Crippen molar-refractivity contribution in [2.45, 2.75) is 51.4 Å². The fourth-order valence-electron chi connectivity index (χ4n) is 2.95. The second-order valence-corrected chi connectivity index (χ2v) is 6.91. The van der Waals surface area contributed by atoms with Crippen molar-refractivity contribution in [3.05, 3.63) is 35.4 Å². The van der Waals surface area contributed by atoms with Gasteiger partial charge in [-0.25, -0.2) is 4.79 Å². The smallest absolute Gasteiger partial charge is 0.342 e. The Kier molecular flexibility index (Phi) is 6.98. The van der Waals surface area contributed by atoms with Gasteiger partial charge < -0.3 is 25.4 Å². The number of aryl methyl sites for hydroxylation is 1. The maximum atomic E-state index is 12.6. The number of nitrogens with one attached hydrogen (secondary N) is 1. The summed E-state index contributed by atoms with van der Waals surface area (Å²) in [7, 11) is 1.70. The number of anilines is 1. The van der Waals surface area contributed by atoms with Crippen molar-refractivity contribution >= 4 is 17.4 Å². The van der Waals surface area contributed by atoms with E-state index in [0.29, 0.717) is 24.1 Å². The molecule has 4 N–H and O–H groups in total. The van der Waals surface area contributed by atoms with Crippen LogP contribution in [-0.4, -0.2) is 52.4 Å². The summed E-state index contributed by atoms with van der Waals surface area (Å²) in [5, 5.41) is 33.3. The molecule has 7 nitrogen and oxygen atoms in total. The predicted molar refractivity (Wildman–Crippen MR) is 101 cm³/mol. The molecule has 1 aromatic rings. The van der Waals surface area contributed by atoms with Crippen molar-refractivity contribution in [3.8, 4) is 5.75 Å². The van der Waals surface area contributed by atoms with E-state index in [1.54, 1.807) is 27.0 Å². The highest BCUT2D eigenvalue weighted by Gasteiger charge is 2.26. The van der Waals surface area contributed by atoms with E-state index in [0.717, 1.165) is 0 Å². The van der Waals surface area contributed by atoms with Crippen LogP contribution in [0.5, 0.6) is 5.75 Å². The number of phenols is 1. The van der Waals surface area contributed by atoms with E-state index in [9.17, 15) is 24.9 Å². The highest BCUT2D eigenvalue weighted by atomic mass is 16.5. The van der Waals surface area contributed by atoms with Crippen LogP contribution in [0.4, 0.5) is 5.69 Å². The number of ketones is 1. The van der Waals surface area contributed by atoms with Gasteiger partial charge in [-0.15, -0.1) is 0 Å². The van der Waals surface area contributed by atoms with Crippen LogP contribution >= 0.6 is 0 Å². The van der Waals surface area contributed by atoms with Gasteiger partial charge in [0.05, 0.1) is 6.10 Å². The third kappa shape index (κ3) is 5.08. The van der Waals surface area contributed by atoms with Gasteiger partial charge >= 0.3 is 5.97 Å². The van der Waals surface area contributed by atoms with Gasteiger partial charge in [0.1, 0.15) is 23.5 Å². The number of esters is 1. The number of phenolic OH excluding ortho intramolecular Hbond substituents is 1. The van der Waals surface area contributed by atoms with Crippen molar-refractivity contribution in [2.75, 3.05) is 12.4 Å². The quantitative estimate of drug-likeness (QED) is 0.552. The van der Waals surface area contributed by atoms with Gasteiger partial charge in [0.15, 0.2) is 5.78 Å². The molecule has 2 unspecified atom stereocenters. The monoisotopic (exact) mass is 377 g/mol. The molecule has 2 rings (SSSR count). The highest BCUT2D eigenvalue weighted by Crippen LogP contribution is 2.29. The zero-order valence-corrected chi connectivity index (χ0v) is 15.8. The maximum absolute atomic E-state index is 12.6. The molecule has 7 heteroatoms. The number of fused-ring (bicyclic) bond motifs is 1. The number of rotatable bonds is 1. The average Bonchev–Trinajstić information content (AvgIpc) is 2.63. The fourth-order valence-corrected chi connectivity index (χ4v) is 2.95. The predicted octanol–water partition coefficient (Wildman–Crippen LogP) is 1.80. The maximum Gasteiger partial charge on any atom is 0.342 e. The molecular weight excluding hydrogens is 350 g/mol. The van der Waals surface area contributed by atoms with Crippen LogP contribution in [0, 0.1) is 5.92 Å². The summed E-state index contributed by atoms with van der Waals surface area (Å²) < 4.78 is 5.48. The minimum Gasteiger partial charge on any atom is -0.507 e. The molecular formula is C20H27NO6. The molecule has 0 aliphatic carbocycles. The third-order valence-electron chi connectivity index (χ3n) is 4.89. The second-order valence-electron chi connectivity index (χ2n) is 6.91. The number of aliphatic hydroxyl groups excluding tert-OH is 2. The van der Waals surface area contributed by atoms with Gasteiger partial charge in [-0.1, -0.05) is 13.0 Å². The molecule has 1 aromatic carbocycles. The van der Waals surface area contributed by atoms with Crippen molar-refractivity contribution in [3.63, 3.8) is 0 Å². The first-order chi connectivity index (χ1) is 12.7. The zero-order valence-electron chi connectivity index (χ0n) is 15.8. The van der Waals surface area contributed by atoms with E-state index in [4.69, 9.17) is 4.74 Å². The number of carbonyl (C=O) groups excluding carboxylic acids is 2. The van der Waals surface area contributed by atoms with Crippen molar-refractivity contribution in [2.24, 2.45) is 5.92 Å². The number of hydrogen-bond donors (Lipinski definition) is 4. The van der Waals surface area contributed by atoms with Gasteiger partial charge in [-0.3, -0.25) is 4.79 Å². The van der Waals surface area contributed by atoms with Crippen LogP contribution in [0.1, 0.15) is 42.6 Å². The molecule has 0 saturated heterocycles. The molecule has 27 heavy (non-hydrogen) atoms. The van der Waals surface area contributed by atoms with Gasteiger partial charge in [0.2, 0.25) is 0 Å². The van der Waals surface area contributed by atoms with Gasteiger partial charge in [0.25, 0.3) is 0 Å². The van der Waals surface area contributed by atoms with Gasteiger partial charge in [-0.2, -0.15) is 0 Å². The van der Waals surface area contributed by atoms with E-state index < -0.39 is 30.1 Å². The standard InChI is InChI=1S/C20H27NO6/c1-11-7-8-16(23)19(25)15(22)6-4-5-13-9-14(21-3)10-17(24)18(13)20(26)27-12(11)2/h7-12,15,19,21-22,24-25H,4-6H2,1-3H3/b8-7-/t11?,12-,15-,19?/m0/s1. The fraction of sp³-hybridized carbons (Fsp3) is 0.500. The molecule has 0 aromatic heterocycles. The summed E-state index contributed by atoms with van der Waals surface area (Å²) in [5.74, 6) is -1.70. The molecule has 1 heterocycles. The minimum absolute atomic E-state index is 0.0974. The molecule has 1 aliphatic rings. The van der Waals surface area contributed by atoms with Crippen LogP contribution in [-0.2, 0) is 16.0 Å². The normalized spacial score (nSPS) is 28.6. The molecule has 0 bridgehead atoms. The summed E-state index contributed by atoms with van der Waals surface area (Å²) in [6.07, 6.45) is 0.444. The number of hydrogen-bond acceptors (Lipinski definition) is 7. The topological polar surface area (TPSA) is 116 Å². The van der Waals surface area contributed by atoms with Gasteiger partial charge in [-0.05, 0) is 43.9 Å². The molecule has 0 amide bonds. The van der Waals surface area contributed by atoms with Crippen molar-refractivity contribution < 1.29 is 29.6 Å². The summed E-state index contributed by atoms with van der Waals surface area (Å²) in [6.45, 7) is 3.45. The molecule has 0 fully saturated rings. The SMILES string of the molecule is CNc1cc(O)c2c(c1)CCC[C@H](O)C(O)C(=O)/C=C\C(C)[C@H](C)OC2=O. The summed E-state index contributed by atoms with van der Waals surface area (Å²) in [5.41, 5.74) is 1.31. The second kappa shape index (κ2) is 9.01. The summed E-state index contributed by atoms with van der Waals surface area (Å²) in [4.78, 5) is 24.6. The Morgan fingerprint density at radius 1 is 1.19 bits per heavy atom. The Bertz CT molecular complexity index is 729. The van der Waals surface area contributed by atoms with Crippen LogP contribution in [0.3, 0.4) is 0 Å². The summed E-state index contributed by atoms with van der Waals surface area (Å²) >= 11 is 0. The van der Waals surface area contributed by atoms with Crippen LogP contribution < -0.4 is 5.32 Å². The average molecular weight is 377 g/mol. The van der Waals surface area contributed by atoms with Crippen LogP contribution in [0.2, 0.25) is 0 Å². The summed E-state index contributed by atoms with van der Waals surface area (Å²) in [6, 6.07) is 3.19. The van der Waals surface area contributed by atoms with Crippen LogP contribution in [0.15, 0.2) is 24.3 Å².